The van der Waals surface area contributed by atoms with E-state index in [4.69, 9.17) is 0 Å². The quantitative estimate of drug-likeness (QED) is 0.933. The Hall–Kier alpha value is -0.260. The van der Waals surface area contributed by atoms with Crippen LogP contribution in [-0.2, 0) is 11.0 Å². The summed E-state index contributed by atoms with van der Waals surface area (Å²) in [5, 5.41) is 0. The van der Waals surface area contributed by atoms with Crippen LogP contribution in [-0.4, -0.2) is 13.9 Å². The summed E-state index contributed by atoms with van der Waals surface area (Å²) >= 11 is 3.37. The van der Waals surface area contributed by atoms with Crippen LogP contribution in [0.25, 0.3) is 0 Å². The molecule has 0 amide bonds. The van der Waals surface area contributed by atoms with Gasteiger partial charge in [0.2, 0.25) is 0 Å². The molecule has 0 aliphatic heterocycles. The van der Waals surface area contributed by atoms with Gasteiger partial charge in [-0.2, -0.15) is 0 Å². The molecule has 2 unspecified atom stereocenters. The molecule has 0 fully saturated rings. The van der Waals surface area contributed by atoms with Crippen molar-refractivity contribution in [3.8, 4) is 0 Å². The smallest absolute Gasteiger partial charge is 0.0975 e. The third-order valence-corrected chi connectivity index (χ3v) is 4.18. The lowest BCUT2D eigenvalue weighted by Gasteiger charge is -2.22. The third kappa shape index (κ3) is 3.96. The molecule has 2 atom stereocenters. The van der Waals surface area contributed by atoms with Crippen molar-refractivity contribution in [2.24, 2.45) is 0 Å². The highest BCUT2D eigenvalue weighted by Crippen LogP contribution is 2.18. The molecule has 0 saturated heterocycles. The molecule has 0 bridgehead atoms. The first-order valence-electron chi connectivity index (χ1n) is 5.09. The minimum Gasteiger partial charge on any atom is -0.263 e. The first kappa shape index (κ1) is 13.8. The third-order valence-electron chi connectivity index (χ3n) is 2.07. The van der Waals surface area contributed by atoms with Crippen molar-refractivity contribution in [1.29, 1.82) is 0 Å². The molecule has 0 aliphatic rings. The van der Waals surface area contributed by atoms with Crippen molar-refractivity contribution < 1.29 is 4.21 Å². The maximum Gasteiger partial charge on any atom is 0.0975 e. The molecule has 1 heterocycles. The van der Waals surface area contributed by atoms with Crippen molar-refractivity contribution >= 4 is 26.9 Å². The van der Waals surface area contributed by atoms with Crippen LogP contribution in [0.5, 0.6) is 0 Å². The monoisotopic (exact) mass is 304 g/mol. The van der Waals surface area contributed by atoms with E-state index in [1.54, 1.807) is 12.4 Å². The first-order valence-corrected chi connectivity index (χ1v) is 7.03. The molecule has 16 heavy (non-hydrogen) atoms. The molecule has 0 saturated carbocycles. The van der Waals surface area contributed by atoms with E-state index in [0.29, 0.717) is 0 Å². The Balaban J connectivity index is 2.73. The Bertz CT molecular complexity index is 390. The van der Waals surface area contributed by atoms with Crippen molar-refractivity contribution in [2.75, 3.05) is 0 Å². The number of hydrogen-bond acceptors (Lipinski definition) is 2. The number of pyridine rings is 1. The van der Waals surface area contributed by atoms with Crippen LogP contribution in [0.1, 0.15) is 39.3 Å². The molecule has 0 aromatic carbocycles. The van der Waals surface area contributed by atoms with E-state index >= 15 is 0 Å². The van der Waals surface area contributed by atoms with E-state index in [0.717, 1.165) is 10.0 Å². The van der Waals surface area contributed by atoms with Crippen LogP contribution >= 0.6 is 15.9 Å². The van der Waals surface area contributed by atoms with E-state index in [1.165, 1.54) is 0 Å². The van der Waals surface area contributed by atoms with Gasteiger partial charge in [0, 0.05) is 22.9 Å². The van der Waals surface area contributed by atoms with E-state index in [-0.39, 0.29) is 10.8 Å². The standard InChI is InChI=1S/C11H17BrN2OS/c1-8(14-16(15)11(2,3)4)9-5-10(12)7-13-6-9/h5-8,14H,1-4H3. The summed E-state index contributed by atoms with van der Waals surface area (Å²) in [4.78, 5) is 4.09. The molecule has 3 nitrogen and oxygen atoms in total. The van der Waals surface area contributed by atoms with Crippen LogP contribution in [0.2, 0.25) is 0 Å². The highest BCUT2D eigenvalue weighted by Gasteiger charge is 2.21. The largest absolute Gasteiger partial charge is 0.263 e. The molecule has 5 heteroatoms. The van der Waals surface area contributed by atoms with Gasteiger partial charge in [-0.3, -0.25) is 4.98 Å². The Morgan fingerprint density at radius 3 is 2.56 bits per heavy atom. The maximum absolute atomic E-state index is 11.9. The Labute approximate surface area is 108 Å². The van der Waals surface area contributed by atoms with E-state index < -0.39 is 11.0 Å². The lowest BCUT2D eigenvalue weighted by Crippen LogP contribution is -2.34. The number of nitrogens with one attached hydrogen (secondary N) is 1. The average molecular weight is 305 g/mol. The number of halogens is 1. The molecular weight excluding hydrogens is 288 g/mol. The topological polar surface area (TPSA) is 42.0 Å². The van der Waals surface area contributed by atoms with Gasteiger partial charge in [0.05, 0.1) is 15.7 Å². The number of rotatable bonds is 3. The lowest BCUT2D eigenvalue weighted by atomic mass is 10.2. The lowest BCUT2D eigenvalue weighted by molar-refractivity contribution is 0.615. The zero-order valence-corrected chi connectivity index (χ0v) is 12.4. The molecule has 0 radical (unpaired) electrons. The van der Waals surface area contributed by atoms with E-state index in [1.807, 2.05) is 33.8 Å². The van der Waals surface area contributed by atoms with Gasteiger partial charge >= 0.3 is 0 Å². The fraction of sp³-hybridized carbons (Fsp3) is 0.545. The van der Waals surface area contributed by atoms with Crippen molar-refractivity contribution in [3.63, 3.8) is 0 Å². The zero-order chi connectivity index (χ0) is 12.3. The summed E-state index contributed by atoms with van der Waals surface area (Å²) in [5.74, 6) is 0. The second-order valence-corrected chi connectivity index (χ2v) is 7.57. The van der Waals surface area contributed by atoms with Crippen LogP contribution in [0.3, 0.4) is 0 Å². The minimum atomic E-state index is -1.07. The number of hydrogen-bond donors (Lipinski definition) is 1. The maximum atomic E-state index is 11.9. The molecule has 90 valence electrons. The molecule has 1 N–H and O–H groups in total. The molecular formula is C11H17BrN2OS. The molecule has 0 spiro atoms. The summed E-state index contributed by atoms with van der Waals surface area (Å²) < 4.78 is 15.7. The van der Waals surface area contributed by atoms with Crippen molar-refractivity contribution in [3.05, 3.63) is 28.5 Å². The van der Waals surface area contributed by atoms with Crippen LogP contribution in [0, 0.1) is 0 Å². The molecule has 1 rings (SSSR count). The van der Waals surface area contributed by atoms with E-state index in [9.17, 15) is 4.21 Å². The van der Waals surface area contributed by atoms with Crippen LogP contribution < -0.4 is 4.72 Å². The summed E-state index contributed by atoms with van der Waals surface area (Å²) in [7, 11) is -1.07. The van der Waals surface area contributed by atoms with Crippen molar-refractivity contribution in [2.45, 2.75) is 38.5 Å². The molecule has 1 aromatic rings. The summed E-state index contributed by atoms with van der Waals surface area (Å²) in [6, 6.07) is 2.00. The number of nitrogens with zero attached hydrogens (tertiary/aromatic N) is 1. The predicted molar refractivity (Wildman–Crippen MR) is 71.4 cm³/mol. The van der Waals surface area contributed by atoms with Gasteiger partial charge in [-0.05, 0) is 55.3 Å². The Kier molecular flexibility index (Phi) is 4.64. The summed E-state index contributed by atoms with van der Waals surface area (Å²) in [6.07, 6.45) is 3.51. The van der Waals surface area contributed by atoms with E-state index in [2.05, 4.69) is 25.6 Å². The fourth-order valence-electron chi connectivity index (χ4n) is 1.07. The van der Waals surface area contributed by atoms with Gasteiger partial charge in [0.15, 0.2) is 0 Å². The Morgan fingerprint density at radius 2 is 2.06 bits per heavy atom. The highest BCUT2D eigenvalue weighted by atomic mass is 79.9. The van der Waals surface area contributed by atoms with Gasteiger partial charge in [-0.1, -0.05) is 0 Å². The predicted octanol–water partition coefficient (Wildman–Crippen LogP) is 2.96. The summed E-state index contributed by atoms with van der Waals surface area (Å²) in [6.45, 7) is 7.82. The average Bonchev–Trinajstić information content (AvgIpc) is 2.16. The van der Waals surface area contributed by atoms with Gasteiger partial charge in [-0.15, -0.1) is 0 Å². The van der Waals surface area contributed by atoms with Gasteiger partial charge in [-0.25, -0.2) is 8.93 Å². The van der Waals surface area contributed by atoms with Crippen LogP contribution in [0.4, 0.5) is 0 Å². The first-order chi connectivity index (χ1) is 7.30. The summed E-state index contributed by atoms with van der Waals surface area (Å²) in [5.41, 5.74) is 1.02. The fourth-order valence-corrected chi connectivity index (χ4v) is 2.26. The van der Waals surface area contributed by atoms with Crippen LogP contribution in [0.15, 0.2) is 22.9 Å². The second-order valence-electron chi connectivity index (χ2n) is 4.66. The van der Waals surface area contributed by atoms with Gasteiger partial charge in [0.1, 0.15) is 0 Å². The minimum absolute atomic E-state index is 0.0186. The zero-order valence-electron chi connectivity index (χ0n) is 9.95. The van der Waals surface area contributed by atoms with Gasteiger partial charge in [0.25, 0.3) is 0 Å². The van der Waals surface area contributed by atoms with Gasteiger partial charge < -0.3 is 0 Å². The normalized spacial score (nSPS) is 15.8. The molecule has 1 aromatic heterocycles. The SMILES string of the molecule is CC(NS(=O)C(C)(C)C)c1cncc(Br)c1. The van der Waals surface area contributed by atoms with Crippen molar-refractivity contribution in [1.82, 2.24) is 9.71 Å². The second kappa shape index (κ2) is 5.38. The number of aromatic nitrogens is 1. The molecule has 0 aliphatic carbocycles. The highest BCUT2D eigenvalue weighted by molar-refractivity contribution is 9.10. The Morgan fingerprint density at radius 1 is 1.44 bits per heavy atom.